The smallest absolute Gasteiger partial charge is 0.345 e. The van der Waals surface area contributed by atoms with Crippen molar-refractivity contribution in [1.82, 2.24) is 30.2 Å². The van der Waals surface area contributed by atoms with Crippen LogP contribution in [0.15, 0.2) is 77.6 Å². The van der Waals surface area contributed by atoms with Gasteiger partial charge in [-0.15, -0.1) is 0 Å². The molecule has 5 aromatic rings. The molecule has 0 amide bonds. The van der Waals surface area contributed by atoms with E-state index in [1.165, 1.54) is 4.68 Å². The van der Waals surface area contributed by atoms with Crippen molar-refractivity contribution >= 4 is 16.7 Å². The number of aromatic amines is 2. The first-order valence-electron chi connectivity index (χ1n) is 9.31. The maximum Gasteiger partial charge on any atom is 0.345 e. The molecule has 0 aliphatic rings. The van der Waals surface area contributed by atoms with Crippen LogP contribution in [0.5, 0.6) is 11.8 Å². The van der Waals surface area contributed by atoms with Crippen LogP contribution in [-0.4, -0.2) is 30.2 Å². The molecule has 0 aliphatic heterocycles. The fourth-order valence-corrected chi connectivity index (χ4v) is 3.10. The number of fused-ring (bicyclic) bond motifs is 1. The number of tetrazole rings is 1. The van der Waals surface area contributed by atoms with Gasteiger partial charge in [-0.2, -0.15) is 4.68 Å². The molecule has 0 fully saturated rings. The lowest BCUT2D eigenvalue weighted by atomic mass is 10.2. The quantitative estimate of drug-likeness (QED) is 0.404. The molecule has 0 saturated carbocycles. The minimum absolute atomic E-state index is 0.212. The molecule has 0 atom stereocenters. The maximum absolute atomic E-state index is 11.4. The number of nitrogens with zero attached hydrogens (tertiary/aromatic N) is 4. The number of H-pyrrole nitrogens is 2. The predicted molar refractivity (Wildman–Crippen MR) is 112 cm³/mol. The minimum atomic E-state index is -0.212. The van der Waals surface area contributed by atoms with Crippen LogP contribution < -0.4 is 15.7 Å². The number of hydrogen-bond acceptors (Lipinski definition) is 6. The fourth-order valence-electron chi connectivity index (χ4n) is 3.10. The molecule has 9 nitrogen and oxygen atoms in total. The molecule has 9 heteroatoms. The molecule has 2 heterocycles. The van der Waals surface area contributed by atoms with Crippen LogP contribution in [-0.2, 0) is 6.54 Å². The van der Waals surface area contributed by atoms with Crippen molar-refractivity contribution in [2.24, 2.45) is 0 Å². The van der Waals surface area contributed by atoms with Gasteiger partial charge in [-0.1, -0.05) is 35.4 Å². The second kappa shape index (κ2) is 7.55. The summed E-state index contributed by atoms with van der Waals surface area (Å²) in [6.45, 7) is 0.627. The number of para-hydroxylation sites is 1. The van der Waals surface area contributed by atoms with E-state index >= 15 is 0 Å². The highest BCUT2D eigenvalue weighted by Crippen LogP contribution is 2.22. The van der Waals surface area contributed by atoms with Crippen LogP contribution in [0.25, 0.3) is 16.7 Å². The minimum Gasteiger partial charge on any atom is -0.423 e. The highest BCUT2D eigenvalue weighted by atomic mass is 16.5. The zero-order chi connectivity index (χ0) is 20.3. The average molecular weight is 399 g/mol. The number of anilines is 1. The molecule has 0 spiro atoms. The van der Waals surface area contributed by atoms with E-state index in [-0.39, 0.29) is 5.69 Å². The molecule has 148 valence electrons. The lowest BCUT2D eigenvalue weighted by Crippen LogP contribution is -2.01. The fraction of sp³-hybridized carbons (Fsp3) is 0.0476. The zero-order valence-electron chi connectivity index (χ0n) is 15.7. The number of benzene rings is 3. The third-order valence-electron chi connectivity index (χ3n) is 4.59. The van der Waals surface area contributed by atoms with Crippen molar-refractivity contribution in [2.75, 3.05) is 5.32 Å². The van der Waals surface area contributed by atoms with Crippen LogP contribution >= 0.6 is 0 Å². The van der Waals surface area contributed by atoms with Crippen molar-refractivity contribution in [1.29, 1.82) is 0 Å². The maximum atomic E-state index is 11.4. The lowest BCUT2D eigenvalue weighted by Gasteiger charge is -2.09. The topological polar surface area (TPSA) is 114 Å². The Labute approximate surface area is 170 Å². The molecule has 2 aromatic heterocycles. The van der Waals surface area contributed by atoms with Gasteiger partial charge < -0.3 is 20.0 Å². The molecule has 30 heavy (non-hydrogen) atoms. The summed E-state index contributed by atoms with van der Waals surface area (Å²) in [5, 5.41) is 15.0. The Balaban J connectivity index is 1.26. The van der Waals surface area contributed by atoms with Gasteiger partial charge in [-0.05, 0) is 58.5 Å². The van der Waals surface area contributed by atoms with Gasteiger partial charge in [-0.25, -0.2) is 4.79 Å². The van der Waals surface area contributed by atoms with Crippen LogP contribution in [0.3, 0.4) is 0 Å². The van der Waals surface area contributed by atoms with Crippen molar-refractivity contribution in [3.63, 3.8) is 0 Å². The van der Waals surface area contributed by atoms with Crippen molar-refractivity contribution in [3.05, 3.63) is 88.8 Å². The number of imidazole rings is 1. The number of rotatable bonds is 6. The number of hydrogen-bond donors (Lipinski definition) is 3. The number of nitrogens with one attached hydrogen (secondary N) is 3. The molecule has 3 N–H and O–H groups in total. The first kappa shape index (κ1) is 17.7. The molecular formula is C21H17N7O2. The molecule has 0 aliphatic carbocycles. The Morgan fingerprint density at radius 2 is 1.73 bits per heavy atom. The van der Waals surface area contributed by atoms with Gasteiger partial charge in [0.25, 0.3) is 0 Å². The van der Waals surface area contributed by atoms with E-state index < -0.39 is 0 Å². The molecule has 0 unspecified atom stereocenters. The van der Waals surface area contributed by atoms with Crippen molar-refractivity contribution in [3.8, 4) is 17.4 Å². The Bertz CT molecular complexity index is 1340. The predicted octanol–water partition coefficient (Wildman–Crippen LogP) is 3.24. The number of aromatic nitrogens is 6. The highest BCUT2D eigenvalue weighted by Gasteiger charge is 2.10. The lowest BCUT2D eigenvalue weighted by molar-refractivity contribution is 0.427. The first-order valence-corrected chi connectivity index (χ1v) is 9.31. The van der Waals surface area contributed by atoms with Gasteiger partial charge in [0, 0.05) is 12.2 Å². The summed E-state index contributed by atoms with van der Waals surface area (Å²) in [4.78, 5) is 16.9. The Kier molecular flexibility index (Phi) is 4.45. The Morgan fingerprint density at radius 3 is 2.57 bits per heavy atom. The second-order valence-electron chi connectivity index (χ2n) is 6.65. The summed E-state index contributed by atoms with van der Waals surface area (Å²) < 4.78 is 7.38. The van der Waals surface area contributed by atoms with Gasteiger partial charge in [0.2, 0.25) is 0 Å². The van der Waals surface area contributed by atoms with Gasteiger partial charge in [0.15, 0.2) is 0 Å². The normalized spacial score (nSPS) is 10.9. The van der Waals surface area contributed by atoms with E-state index in [1.807, 2.05) is 72.8 Å². The van der Waals surface area contributed by atoms with Crippen molar-refractivity contribution in [2.45, 2.75) is 6.54 Å². The third kappa shape index (κ3) is 3.63. The van der Waals surface area contributed by atoms with Crippen LogP contribution in [0.4, 0.5) is 5.69 Å². The van der Waals surface area contributed by atoms with E-state index in [4.69, 9.17) is 4.74 Å². The van der Waals surface area contributed by atoms with Gasteiger partial charge in [-0.3, -0.25) is 0 Å². The van der Waals surface area contributed by atoms with E-state index in [9.17, 15) is 4.79 Å². The van der Waals surface area contributed by atoms with Crippen LogP contribution in [0, 0.1) is 0 Å². The van der Waals surface area contributed by atoms with Gasteiger partial charge in [0.1, 0.15) is 5.75 Å². The first-order chi connectivity index (χ1) is 14.7. The standard InChI is InChI=1S/C21H17N7O2/c29-20-23-18-11-8-15(12-19(18)24-20)22-13-14-6-9-17(10-7-14)30-21-25-26-27-28(21)16-4-2-1-3-5-16/h1-12,22H,13H2,(H2,23,24,29). The van der Waals surface area contributed by atoms with E-state index in [2.05, 4.69) is 30.8 Å². The SMILES string of the molecule is O=c1[nH]c2ccc(NCc3ccc(Oc4nnnn4-c4ccccc4)cc3)cc2[nH]1. The highest BCUT2D eigenvalue weighted by molar-refractivity contribution is 5.78. The molecule has 5 rings (SSSR count). The monoisotopic (exact) mass is 399 g/mol. The molecule has 0 saturated heterocycles. The molecule has 0 bridgehead atoms. The van der Waals surface area contributed by atoms with E-state index in [0.29, 0.717) is 18.3 Å². The van der Waals surface area contributed by atoms with E-state index in [1.54, 1.807) is 0 Å². The average Bonchev–Trinajstić information content (AvgIpc) is 3.39. The number of ether oxygens (including phenoxy) is 1. The van der Waals surface area contributed by atoms with Gasteiger partial charge in [0.05, 0.1) is 16.7 Å². The van der Waals surface area contributed by atoms with Crippen LogP contribution in [0.1, 0.15) is 5.56 Å². The summed E-state index contributed by atoms with van der Waals surface area (Å²) in [7, 11) is 0. The molecular weight excluding hydrogens is 382 g/mol. The second-order valence-corrected chi connectivity index (χ2v) is 6.65. The third-order valence-corrected chi connectivity index (χ3v) is 4.59. The largest absolute Gasteiger partial charge is 0.423 e. The van der Waals surface area contributed by atoms with Crippen molar-refractivity contribution < 1.29 is 4.74 Å². The summed E-state index contributed by atoms with van der Waals surface area (Å²) in [6, 6.07) is 23.2. The molecule has 0 radical (unpaired) electrons. The summed E-state index contributed by atoms with van der Waals surface area (Å²) >= 11 is 0. The molecule has 3 aromatic carbocycles. The zero-order valence-corrected chi connectivity index (χ0v) is 15.7. The summed E-state index contributed by atoms with van der Waals surface area (Å²) in [5.74, 6) is 0.636. The van der Waals surface area contributed by atoms with E-state index in [0.717, 1.165) is 28.0 Å². The summed E-state index contributed by atoms with van der Waals surface area (Å²) in [6.07, 6.45) is 0. The Hall–Kier alpha value is -4.40. The summed E-state index contributed by atoms with van der Waals surface area (Å²) in [5.41, 5.74) is 4.15. The van der Waals surface area contributed by atoms with Gasteiger partial charge >= 0.3 is 11.7 Å². The van der Waals surface area contributed by atoms with Crippen LogP contribution in [0.2, 0.25) is 0 Å². The Morgan fingerprint density at radius 1 is 0.933 bits per heavy atom.